The normalized spacial score (nSPS) is 21.6. The second-order valence-electron chi connectivity index (χ2n) is 11.3. The Morgan fingerprint density at radius 3 is 2.35 bits per heavy atom. The number of sulfonamides is 1. The van der Waals surface area contributed by atoms with Gasteiger partial charge in [-0.2, -0.15) is 0 Å². The molecule has 7 N–H and O–H groups in total. The van der Waals surface area contributed by atoms with Crippen LogP contribution in [0.2, 0.25) is 0 Å². The van der Waals surface area contributed by atoms with Gasteiger partial charge in [0.25, 0.3) is 10.0 Å². The zero-order valence-electron chi connectivity index (χ0n) is 24.9. The van der Waals surface area contributed by atoms with Crippen molar-refractivity contribution in [1.29, 1.82) is 0 Å². The number of aliphatic carboxylic acids is 1. The van der Waals surface area contributed by atoms with Gasteiger partial charge in [-0.1, -0.05) is 26.0 Å². The first-order valence-corrected chi connectivity index (χ1v) is 16.2. The average molecular weight is 712 g/mol. The summed E-state index contributed by atoms with van der Waals surface area (Å²) in [7, 11) is -4.94. The third-order valence-corrected chi connectivity index (χ3v) is 10.1. The number of carboxylic acid groups (broad SMARTS) is 1. The van der Waals surface area contributed by atoms with E-state index in [1.807, 2.05) is 4.72 Å². The third kappa shape index (κ3) is 6.83. The molecule has 2 aromatic heterocycles. The number of hydrogen-bond acceptors (Lipinski definition) is 13. The van der Waals surface area contributed by atoms with Crippen molar-refractivity contribution in [2.75, 3.05) is 17.1 Å². The lowest BCUT2D eigenvalue weighted by Crippen LogP contribution is -2.60. The maximum atomic E-state index is 16.1. The number of nitrogen functional groups attached to an aromatic ring is 1. The zero-order valence-corrected chi connectivity index (χ0v) is 26.5. The largest absolute Gasteiger partial charge is 0.479 e. The van der Waals surface area contributed by atoms with E-state index in [1.165, 1.54) is 24.4 Å². The van der Waals surface area contributed by atoms with Crippen molar-refractivity contribution in [2.24, 2.45) is 0 Å². The summed E-state index contributed by atoms with van der Waals surface area (Å²) in [5, 5.41) is 40.1. The number of anilines is 2. The van der Waals surface area contributed by atoms with E-state index in [-0.39, 0.29) is 39.4 Å². The average Bonchev–Trinajstić information content (AvgIpc) is 3.47. The van der Waals surface area contributed by atoms with Crippen LogP contribution in [-0.2, 0) is 29.7 Å². The summed E-state index contributed by atoms with van der Waals surface area (Å²) in [6.45, 7) is 2.98. The van der Waals surface area contributed by atoms with Crippen molar-refractivity contribution in [1.82, 2.24) is 15.0 Å². The van der Waals surface area contributed by atoms with E-state index in [4.69, 9.17) is 15.2 Å². The summed E-state index contributed by atoms with van der Waals surface area (Å²) < 4.78 is 83.3. The number of aliphatic hydroxyl groups excluding tert-OH is 3. The number of thiazole rings is 1. The lowest BCUT2D eigenvalue weighted by molar-refractivity contribution is -0.296. The van der Waals surface area contributed by atoms with E-state index in [0.29, 0.717) is 0 Å². The Kier molecular flexibility index (Phi) is 9.75. The Bertz CT molecular complexity index is 1940. The van der Waals surface area contributed by atoms with Gasteiger partial charge in [0.05, 0.1) is 28.6 Å². The van der Waals surface area contributed by atoms with Crippen LogP contribution in [0, 0.1) is 17.5 Å². The van der Waals surface area contributed by atoms with Gasteiger partial charge in [-0.15, -0.1) is 11.3 Å². The fourth-order valence-corrected chi connectivity index (χ4v) is 7.07. The minimum absolute atomic E-state index is 0.0322. The first kappa shape index (κ1) is 35.1. The SMILES string of the molecule is CC(C)(CO[C@@H]1O[C@H](C(=O)O)[C@@H](O)[C@H](O)[C@H]1O)c1nc(-c2cccc(NS(=O)(=O)c3c(F)cccc3F)c2F)c(-c2ccnc(N)n2)s1. The minimum Gasteiger partial charge on any atom is -0.479 e. The number of ether oxygens (including phenoxy) is 2. The lowest BCUT2D eigenvalue weighted by Gasteiger charge is -2.39. The molecule has 0 bridgehead atoms. The minimum atomic E-state index is -4.94. The molecule has 19 heteroatoms. The Labute approximate surface area is 274 Å². The molecule has 0 spiro atoms. The Morgan fingerprint density at radius 1 is 1.04 bits per heavy atom. The maximum absolute atomic E-state index is 16.1. The second kappa shape index (κ2) is 13.3. The first-order valence-electron chi connectivity index (χ1n) is 13.9. The lowest BCUT2D eigenvalue weighted by atomic mass is 9.95. The van der Waals surface area contributed by atoms with Crippen LogP contribution in [0.1, 0.15) is 18.9 Å². The summed E-state index contributed by atoms with van der Waals surface area (Å²) in [6.07, 6.45) is -7.82. The fourth-order valence-electron chi connectivity index (χ4n) is 4.74. The highest BCUT2D eigenvalue weighted by molar-refractivity contribution is 7.92. The van der Waals surface area contributed by atoms with Gasteiger partial charge >= 0.3 is 5.97 Å². The second-order valence-corrected chi connectivity index (χ2v) is 13.9. The molecular formula is C29H28F3N5O9S2. The molecule has 0 saturated carbocycles. The molecule has 256 valence electrons. The molecule has 0 aliphatic carbocycles. The van der Waals surface area contributed by atoms with Crippen LogP contribution in [-0.4, -0.2) is 87.1 Å². The topological polar surface area (TPSA) is 227 Å². The number of nitrogens with zero attached hydrogens (tertiary/aromatic N) is 3. The van der Waals surface area contributed by atoms with E-state index in [9.17, 15) is 42.4 Å². The number of halogens is 3. The summed E-state index contributed by atoms with van der Waals surface area (Å²) >= 11 is 1.02. The summed E-state index contributed by atoms with van der Waals surface area (Å²) in [6, 6.07) is 7.55. The zero-order chi connectivity index (χ0) is 35.1. The number of aliphatic hydroxyl groups is 3. The molecule has 14 nitrogen and oxygen atoms in total. The molecule has 0 amide bonds. The van der Waals surface area contributed by atoms with Crippen molar-refractivity contribution < 1.29 is 56.3 Å². The molecule has 0 unspecified atom stereocenters. The smallest absolute Gasteiger partial charge is 0.335 e. The standard InChI is InChI=1S/C29H28F3N5O9S2/c1-29(2,11-45-26-21(40)19(38)20(39)22(46-26)25(41)42)27-36-18(23(47-27)16-9-10-34-28(33)35-16)12-5-3-8-15(17(12)32)37-48(43,44)24-13(30)6-4-7-14(24)31/h3-10,19-22,26,37-40H,11H2,1-2H3,(H,41,42)(H2,33,34,35)/t19-,20-,21+,22-,26+/m0/s1. The first-order chi connectivity index (χ1) is 22.5. The predicted molar refractivity (Wildman–Crippen MR) is 163 cm³/mol. The van der Waals surface area contributed by atoms with Crippen LogP contribution in [0.3, 0.4) is 0 Å². The van der Waals surface area contributed by atoms with E-state index in [2.05, 4.69) is 15.0 Å². The number of aromatic nitrogens is 3. The van der Waals surface area contributed by atoms with Gasteiger partial charge < -0.3 is 35.6 Å². The molecule has 5 rings (SSSR count). The number of carboxylic acids is 1. The van der Waals surface area contributed by atoms with Gasteiger partial charge in [0.15, 0.2) is 23.1 Å². The highest BCUT2D eigenvalue weighted by Crippen LogP contribution is 2.42. The molecule has 48 heavy (non-hydrogen) atoms. The predicted octanol–water partition coefficient (Wildman–Crippen LogP) is 2.25. The van der Waals surface area contributed by atoms with Gasteiger partial charge in [-0.3, -0.25) is 4.72 Å². The van der Waals surface area contributed by atoms with E-state index in [1.54, 1.807) is 13.8 Å². The number of rotatable bonds is 10. The number of hydrogen-bond donors (Lipinski definition) is 6. The van der Waals surface area contributed by atoms with Crippen LogP contribution >= 0.6 is 11.3 Å². The maximum Gasteiger partial charge on any atom is 0.335 e. The monoisotopic (exact) mass is 711 g/mol. The van der Waals surface area contributed by atoms with Crippen LogP contribution in [0.15, 0.2) is 53.6 Å². The molecule has 1 saturated heterocycles. The third-order valence-electron chi connectivity index (χ3n) is 7.22. The quantitative estimate of drug-likeness (QED) is 0.139. The molecule has 4 aromatic rings. The molecule has 2 aromatic carbocycles. The van der Waals surface area contributed by atoms with Crippen molar-refractivity contribution in [3.8, 4) is 21.8 Å². The summed E-state index contributed by atoms with van der Waals surface area (Å²) in [4.78, 5) is 23.1. The number of benzene rings is 2. The highest BCUT2D eigenvalue weighted by Gasteiger charge is 2.48. The van der Waals surface area contributed by atoms with Gasteiger partial charge in [-0.25, -0.2) is 41.3 Å². The molecular weight excluding hydrogens is 683 g/mol. The Morgan fingerprint density at radius 2 is 1.71 bits per heavy atom. The van der Waals surface area contributed by atoms with Gasteiger partial charge in [0, 0.05) is 17.2 Å². The van der Waals surface area contributed by atoms with Crippen molar-refractivity contribution in [3.05, 3.63) is 71.1 Å². The number of carbonyl (C=O) groups is 1. The van der Waals surface area contributed by atoms with Gasteiger partial charge in [0.1, 0.15) is 35.0 Å². The fraction of sp³-hybridized carbons (Fsp3) is 0.310. The van der Waals surface area contributed by atoms with Crippen LogP contribution in [0.25, 0.3) is 21.8 Å². The molecule has 0 radical (unpaired) electrons. The van der Waals surface area contributed by atoms with Crippen LogP contribution < -0.4 is 10.5 Å². The molecule has 1 aliphatic rings. The summed E-state index contributed by atoms with van der Waals surface area (Å²) in [5.41, 5.74) is 4.01. The van der Waals surface area contributed by atoms with Crippen LogP contribution in [0.5, 0.6) is 0 Å². The number of nitrogens with two attached hydrogens (primary N) is 1. The van der Waals surface area contributed by atoms with Crippen molar-refractivity contribution in [3.63, 3.8) is 0 Å². The van der Waals surface area contributed by atoms with E-state index < -0.39 is 80.1 Å². The molecule has 3 heterocycles. The van der Waals surface area contributed by atoms with E-state index in [0.717, 1.165) is 35.6 Å². The Hall–Kier alpha value is -4.24. The van der Waals surface area contributed by atoms with Crippen LogP contribution in [0.4, 0.5) is 24.8 Å². The molecule has 5 atom stereocenters. The number of nitrogens with one attached hydrogen (secondary N) is 1. The van der Waals surface area contributed by atoms with E-state index >= 15 is 4.39 Å². The van der Waals surface area contributed by atoms with Gasteiger partial charge in [-0.05, 0) is 30.3 Å². The Balaban J connectivity index is 1.52. The molecule has 1 aliphatic heterocycles. The van der Waals surface area contributed by atoms with Crippen molar-refractivity contribution >= 4 is 39.0 Å². The van der Waals surface area contributed by atoms with Crippen molar-refractivity contribution in [2.45, 2.75) is 54.9 Å². The summed E-state index contributed by atoms with van der Waals surface area (Å²) in [5.74, 6) is -5.62. The van der Waals surface area contributed by atoms with Gasteiger partial charge in [0.2, 0.25) is 5.95 Å². The highest BCUT2D eigenvalue weighted by atomic mass is 32.2. The molecule has 1 fully saturated rings.